The molecule has 2 amide bonds. The molecule has 7 heteroatoms. The molecular formula is C16H19F3N2O2. The van der Waals surface area contributed by atoms with Crippen LogP contribution < -0.4 is 5.32 Å². The van der Waals surface area contributed by atoms with E-state index >= 15 is 0 Å². The lowest BCUT2D eigenvalue weighted by Gasteiger charge is -2.32. The number of benzene rings is 1. The zero-order valence-electron chi connectivity index (χ0n) is 12.7. The number of ether oxygens (including phenoxy) is 1. The van der Waals surface area contributed by atoms with Crippen molar-refractivity contribution < 1.29 is 22.7 Å². The highest BCUT2D eigenvalue weighted by atomic mass is 19.4. The summed E-state index contributed by atoms with van der Waals surface area (Å²) >= 11 is 0. The van der Waals surface area contributed by atoms with Crippen molar-refractivity contribution >= 4 is 6.03 Å². The van der Waals surface area contributed by atoms with E-state index in [1.54, 1.807) is 11.0 Å². The van der Waals surface area contributed by atoms with Gasteiger partial charge in [-0.3, -0.25) is 0 Å². The number of carbonyl (C=O) groups is 1. The maximum atomic E-state index is 13.0. The smallest absolute Gasteiger partial charge is 0.381 e. The van der Waals surface area contributed by atoms with Gasteiger partial charge in [0.2, 0.25) is 0 Å². The molecule has 2 aliphatic heterocycles. The van der Waals surface area contributed by atoms with Crippen molar-refractivity contribution in [2.75, 3.05) is 19.8 Å². The molecule has 1 saturated heterocycles. The Morgan fingerprint density at radius 2 is 2.00 bits per heavy atom. The molecule has 0 radical (unpaired) electrons. The Balaban J connectivity index is 1.69. The SMILES string of the molecule is O=C(NC1CCOCC1)N1CCc2c(cccc2C(F)(F)F)C1. The quantitative estimate of drug-likeness (QED) is 0.861. The second-order valence-corrected chi connectivity index (χ2v) is 5.95. The molecule has 0 spiro atoms. The van der Waals surface area contributed by atoms with Crippen LogP contribution >= 0.6 is 0 Å². The summed E-state index contributed by atoms with van der Waals surface area (Å²) in [5.74, 6) is 0. The maximum Gasteiger partial charge on any atom is 0.416 e. The lowest BCUT2D eigenvalue weighted by Crippen LogP contribution is -2.48. The van der Waals surface area contributed by atoms with Crippen molar-refractivity contribution in [2.45, 2.75) is 38.0 Å². The standard InChI is InChI=1S/C16H19F3N2O2/c17-16(18,19)14-3-1-2-11-10-21(7-4-13(11)14)15(22)20-12-5-8-23-9-6-12/h1-3,12H,4-10H2,(H,20,22). The summed E-state index contributed by atoms with van der Waals surface area (Å²) in [6.45, 7) is 1.77. The molecule has 1 aromatic carbocycles. The van der Waals surface area contributed by atoms with Crippen LogP contribution in [0.4, 0.5) is 18.0 Å². The molecule has 0 unspecified atom stereocenters. The average Bonchev–Trinajstić information content (AvgIpc) is 2.53. The van der Waals surface area contributed by atoms with Gasteiger partial charge in [0.15, 0.2) is 0 Å². The first kappa shape index (κ1) is 16.1. The van der Waals surface area contributed by atoms with Crippen LogP contribution in [0.25, 0.3) is 0 Å². The van der Waals surface area contributed by atoms with Crippen LogP contribution in [-0.2, 0) is 23.9 Å². The molecule has 4 nitrogen and oxygen atoms in total. The van der Waals surface area contributed by atoms with E-state index in [1.807, 2.05) is 0 Å². The van der Waals surface area contributed by atoms with Gasteiger partial charge in [0.25, 0.3) is 0 Å². The fourth-order valence-corrected chi connectivity index (χ4v) is 3.16. The third kappa shape index (κ3) is 3.60. The lowest BCUT2D eigenvalue weighted by molar-refractivity contribution is -0.138. The van der Waals surface area contributed by atoms with E-state index in [1.165, 1.54) is 6.07 Å². The van der Waals surface area contributed by atoms with Gasteiger partial charge in [0, 0.05) is 32.3 Å². The summed E-state index contributed by atoms with van der Waals surface area (Å²) < 4.78 is 44.4. The van der Waals surface area contributed by atoms with Crippen LogP contribution in [0.15, 0.2) is 18.2 Å². The number of fused-ring (bicyclic) bond motifs is 1. The molecule has 3 rings (SSSR count). The molecule has 0 bridgehead atoms. The van der Waals surface area contributed by atoms with Crippen molar-refractivity contribution in [3.63, 3.8) is 0 Å². The van der Waals surface area contributed by atoms with Crippen molar-refractivity contribution in [1.82, 2.24) is 10.2 Å². The number of rotatable bonds is 1. The number of halogens is 3. The first-order valence-corrected chi connectivity index (χ1v) is 7.76. The number of hydrogen-bond donors (Lipinski definition) is 1. The van der Waals surface area contributed by atoms with E-state index < -0.39 is 11.7 Å². The number of urea groups is 1. The number of hydrogen-bond acceptors (Lipinski definition) is 2. The van der Waals surface area contributed by atoms with Crippen molar-refractivity contribution in [1.29, 1.82) is 0 Å². The van der Waals surface area contributed by atoms with Crippen molar-refractivity contribution in [3.8, 4) is 0 Å². The molecule has 0 aromatic heterocycles. The van der Waals surface area contributed by atoms with E-state index in [0.29, 0.717) is 30.9 Å². The maximum absolute atomic E-state index is 13.0. The fraction of sp³-hybridized carbons (Fsp3) is 0.562. The van der Waals surface area contributed by atoms with Gasteiger partial charge in [-0.05, 0) is 36.5 Å². The molecule has 0 atom stereocenters. The predicted molar refractivity (Wildman–Crippen MR) is 77.9 cm³/mol. The average molecular weight is 328 g/mol. The van der Waals surface area contributed by atoms with Crippen molar-refractivity contribution in [3.05, 3.63) is 34.9 Å². The predicted octanol–water partition coefficient (Wildman–Crippen LogP) is 2.95. The van der Waals surface area contributed by atoms with Gasteiger partial charge in [0.05, 0.1) is 5.56 Å². The molecule has 1 N–H and O–H groups in total. The zero-order valence-corrected chi connectivity index (χ0v) is 12.7. The fourth-order valence-electron chi connectivity index (χ4n) is 3.16. The number of alkyl halides is 3. The van der Waals surface area contributed by atoms with Crippen LogP contribution in [0, 0.1) is 0 Å². The molecule has 1 aromatic rings. The Morgan fingerprint density at radius 3 is 2.70 bits per heavy atom. The Bertz CT molecular complexity index is 583. The van der Waals surface area contributed by atoms with Gasteiger partial charge < -0.3 is 15.0 Å². The van der Waals surface area contributed by atoms with Gasteiger partial charge >= 0.3 is 12.2 Å². The summed E-state index contributed by atoms with van der Waals surface area (Å²) in [6.07, 6.45) is -2.58. The van der Waals surface area contributed by atoms with Gasteiger partial charge in [0.1, 0.15) is 0 Å². The highest BCUT2D eigenvalue weighted by Crippen LogP contribution is 2.35. The van der Waals surface area contributed by atoms with Gasteiger partial charge in [-0.15, -0.1) is 0 Å². The molecule has 2 heterocycles. The van der Waals surface area contributed by atoms with E-state index in [-0.39, 0.29) is 25.0 Å². The summed E-state index contributed by atoms with van der Waals surface area (Å²) in [5.41, 5.74) is 0.308. The van der Waals surface area contributed by atoms with E-state index in [9.17, 15) is 18.0 Å². The Kier molecular flexibility index (Phi) is 4.48. The molecule has 1 fully saturated rings. The van der Waals surface area contributed by atoms with Crippen LogP contribution in [0.5, 0.6) is 0 Å². The highest BCUT2D eigenvalue weighted by molar-refractivity contribution is 5.75. The minimum atomic E-state index is -4.35. The lowest BCUT2D eigenvalue weighted by atomic mass is 9.94. The van der Waals surface area contributed by atoms with Crippen LogP contribution in [-0.4, -0.2) is 36.7 Å². The van der Waals surface area contributed by atoms with E-state index in [0.717, 1.165) is 18.9 Å². The minimum absolute atomic E-state index is 0.0826. The summed E-state index contributed by atoms with van der Waals surface area (Å²) in [7, 11) is 0. The summed E-state index contributed by atoms with van der Waals surface area (Å²) in [4.78, 5) is 13.9. The molecule has 0 saturated carbocycles. The minimum Gasteiger partial charge on any atom is -0.381 e. The molecule has 2 aliphatic rings. The van der Waals surface area contributed by atoms with Crippen molar-refractivity contribution in [2.24, 2.45) is 0 Å². The molecule has 0 aliphatic carbocycles. The van der Waals surface area contributed by atoms with E-state index in [4.69, 9.17) is 4.74 Å². The first-order chi connectivity index (χ1) is 10.9. The summed E-state index contributed by atoms with van der Waals surface area (Å²) in [6, 6.07) is 4.05. The van der Waals surface area contributed by atoms with Gasteiger partial charge in [-0.1, -0.05) is 12.1 Å². The third-order valence-corrected chi connectivity index (χ3v) is 4.41. The van der Waals surface area contributed by atoms with Gasteiger partial charge in [-0.25, -0.2) is 4.79 Å². The Morgan fingerprint density at radius 1 is 1.26 bits per heavy atom. The molecule has 23 heavy (non-hydrogen) atoms. The molecular weight excluding hydrogens is 309 g/mol. The Hall–Kier alpha value is -1.76. The topological polar surface area (TPSA) is 41.6 Å². The second kappa shape index (κ2) is 6.39. The van der Waals surface area contributed by atoms with Crippen LogP contribution in [0.2, 0.25) is 0 Å². The van der Waals surface area contributed by atoms with Crippen LogP contribution in [0.3, 0.4) is 0 Å². The molecule has 126 valence electrons. The summed E-state index contributed by atoms with van der Waals surface area (Å²) in [5, 5.41) is 2.95. The number of nitrogens with one attached hydrogen (secondary N) is 1. The number of carbonyl (C=O) groups excluding carboxylic acids is 1. The monoisotopic (exact) mass is 328 g/mol. The normalized spacial score (nSPS) is 19.3. The van der Waals surface area contributed by atoms with E-state index in [2.05, 4.69) is 5.32 Å². The van der Waals surface area contributed by atoms with Crippen LogP contribution in [0.1, 0.15) is 29.5 Å². The number of nitrogens with zero attached hydrogens (tertiary/aromatic N) is 1. The highest BCUT2D eigenvalue weighted by Gasteiger charge is 2.35. The Labute approximate surface area is 132 Å². The number of amides is 2. The largest absolute Gasteiger partial charge is 0.416 e. The second-order valence-electron chi connectivity index (χ2n) is 5.95. The first-order valence-electron chi connectivity index (χ1n) is 7.76. The van der Waals surface area contributed by atoms with Gasteiger partial charge in [-0.2, -0.15) is 13.2 Å². The zero-order chi connectivity index (χ0) is 16.4. The third-order valence-electron chi connectivity index (χ3n) is 4.41.